The molecule has 0 aliphatic rings. The number of ether oxygens (including phenoxy) is 1. The first-order chi connectivity index (χ1) is 14.6. The normalized spacial score (nSPS) is 12.5. The lowest BCUT2D eigenvalue weighted by Crippen LogP contribution is -2.18. The molecule has 0 spiro atoms. The minimum atomic E-state index is -4.69. The number of rotatable bonds is 4. The number of nitrogens with zero attached hydrogens (tertiary/aromatic N) is 1. The Hall–Kier alpha value is -3.49. The van der Waals surface area contributed by atoms with E-state index in [2.05, 4.69) is 10.3 Å². The first-order valence-electron chi connectivity index (χ1n) is 8.92. The van der Waals surface area contributed by atoms with E-state index in [4.69, 9.17) is 4.74 Å². The second-order valence-electron chi connectivity index (χ2n) is 6.38. The summed E-state index contributed by atoms with van der Waals surface area (Å²) >= 11 is 0. The fourth-order valence-corrected chi connectivity index (χ4v) is 2.83. The maximum Gasteiger partial charge on any atom is 0.418 e. The van der Waals surface area contributed by atoms with Crippen LogP contribution in [0.15, 0.2) is 77.8 Å². The Balaban J connectivity index is 2.18. The van der Waals surface area contributed by atoms with E-state index < -0.39 is 29.2 Å². The highest BCUT2D eigenvalue weighted by Gasteiger charge is 2.35. The third-order valence-electron chi connectivity index (χ3n) is 4.27. The van der Waals surface area contributed by atoms with Gasteiger partial charge in [0.25, 0.3) is 0 Å². The molecule has 0 bridgehead atoms. The van der Waals surface area contributed by atoms with Crippen molar-refractivity contribution in [3.8, 4) is 5.75 Å². The Labute approximate surface area is 174 Å². The van der Waals surface area contributed by atoms with Crippen molar-refractivity contribution in [1.29, 1.82) is 0 Å². The summed E-state index contributed by atoms with van der Waals surface area (Å²) in [7, 11) is 1.39. The minimum absolute atomic E-state index is 0.202. The summed E-state index contributed by atoms with van der Waals surface area (Å²) in [5, 5.41) is 2.56. The van der Waals surface area contributed by atoms with E-state index in [0.717, 1.165) is 18.2 Å². The Bertz CT molecular complexity index is 1090. The van der Waals surface area contributed by atoms with Gasteiger partial charge in [-0.15, -0.1) is 0 Å². The van der Waals surface area contributed by atoms with Crippen LogP contribution >= 0.6 is 0 Å². The van der Waals surface area contributed by atoms with Crippen LogP contribution in [0.25, 0.3) is 0 Å². The van der Waals surface area contributed by atoms with Gasteiger partial charge in [-0.05, 0) is 36.4 Å². The van der Waals surface area contributed by atoms with Crippen LogP contribution in [0.5, 0.6) is 5.75 Å². The molecule has 3 aromatic carbocycles. The van der Waals surface area contributed by atoms with Crippen LogP contribution in [0.3, 0.4) is 0 Å². The van der Waals surface area contributed by atoms with E-state index in [9.17, 15) is 26.3 Å². The van der Waals surface area contributed by atoms with E-state index >= 15 is 0 Å². The van der Waals surface area contributed by atoms with E-state index in [1.165, 1.54) is 49.6 Å². The summed E-state index contributed by atoms with van der Waals surface area (Å²) in [6.45, 7) is 0. The first-order valence-corrected chi connectivity index (χ1v) is 8.92. The van der Waals surface area contributed by atoms with E-state index in [-0.39, 0.29) is 17.1 Å². The van der Waals surface area contributed by atoms with Crippen molar-refractivity contribution in [2.45, 2.75) is 12.4 Å². The molecule has 3 aromatic rings. The molecule has 162 valence electrons. The average molecular weight is 438 g/mol. The average Bonchev–Trinajstić information content (AvgIpc) is 2.72. The molecule has 0 fully saturated rings. The predicted molar refractivity (Wildman–Crippen MR) is 106 cm³/mol. The molecule has 0 aliphatic heterocycles. The number of alkyl halides is 6. The monoisotopic (exact) mass is 438 g/mol. The first kappa shape index (κ1) is 22.2. The largest absolute Gasteiger partial charge is 0.497 e. The molecule has 0 radical (unpaired) electrons. The molecule has 31 heavy (non-hydrogen) atoms. The van der Waals surface area contributed by atoms with Crippen LogP contribution in [0.1, 0.15) is 16.7 Å². The highest BCUT2D eigenvalue weighted by atomic mass is 19.4. The van der Waals surface area contributed by atoms with Crippen molar-refractivity contribution >= 4 is 17.2 Å². The topological polar surface area (TPSA) is 33.6 Å². The second kappa shape index (κ2) is 8.71. The Morgan fingerprint density at radius 2 is 1.39 bits per heavy atom. The molecule has 0 atom stereocenters. The molecule has 1 N–H and O–H groups in total. The summed E-state index contributed by atoms with van der Waals surface area (Å²) in [6.07, 6.45) is -9.36. The van der Waals surface area contributed by atoms with E-state index in [1.807, 2.05) is 0 Å². The third-order valence-corrected chi connectivity index (χ3v) is 4.27. The quantitative estimate of drug-likeness (QED) is 0.272. The van der Waals surface area contributed by atoms with Gasteiger partial charge >= 0.3 is 12.4 Å². The number of halogens is 6. The van der Waals surface area contributed by atoms with Crippen molar-refractivity contribution in [2.75, 3.05) is 12.4 Å². The highest BCUT2D eigenvalue weighted by Crippen LogP contribution is 2.37. The minimum Gasteiger partial charge on any atom is -0.497 e. The number of para-hydroxylation sites is 2. The smallest absolute Gasteiger partial charge is 0.418 e. The standard InChI is InChI=1S/C22H16F6N2O/c1-31-15-8-6-7-14(13-15)20(29-18-11-4-2-9-16(18)21(23,24)25)30-19-12-5-3-10-17(19)22(26,27)28/h2-13H,1H3,(H,29,30). The molecule has 3 rings (SSSR count). The Morgan fingerprint density at radius 1 is 0.774 bits per heavy atom. The predicted octanol–water partition coefficient (Wildman–Crippen LogP) is 6.92. The summed E-state index contributed by atoms with van der Waals surface area (Å²) in [5.41, 5.74) is -2.53. The van der Waals surface area contributed by atoms with E-state index in [1.54, 1.807) is 12.1 Å². The molecule has 3 nitrogen and oxygen atoms in total. The zero-order valence-corrected chi connectivity index (χ0v) is 16.1. The zero-order chi connectivity index (χ0) is 22.6. The van der Waals surface area contributed by atoms with Crippen molar-refractivity contribution in [2.24, 2.45) is 4.99 Å². The molecule has 0 aromatic heterocycles. The summed E-state index contributed by atoms with van der Waals surface area (Å²) < 4.78 is 85.6. The molecular formula is C22H16F6N2O. The lowest BCUT2D eigenvalue weighted by Gasteiger charge is -2.17. The SMILES string of the molecule is COc1cccc(C(=Nc2ccccc2C(F)(F)F)Nc2ccccc2C(F)(F)F)c1. The number of hydrogen-bond donors (Lipinski definition) is 1. The number of aliphatic imine (C=N–C) groups is 1. The second-order valence-corrected chi connectivity index (χ2v) is 6.38. The molecule has 0 aliphatic carbocycles. The van der Waals surface area contributed by atoms with Crippen molar-refractivity contribution in [1.82, 2.24) is 0 Å². The molecule has 0 saturated heterocycles. The van der Waals surface area contributed by atoms with Gasteiger partial charge in [0.1, 0.15) is 11.6 Å². The Kier molecular flexibility index (Phi) is 6.24. The van der Waals surface area contributed by atoms with Gasteiger partial charge in [0.2, 0.25) is 0 Å². The van der Waals surface area contributed by atoms with Crippen LogP contribution in [-0.4, -0.2) is 12.9 Å². The summed E-state index contributed by atoms with van der Waals surface area (Å²) in [4.78, 5) is 4.05. The van der Waals surface area contributed by atoms with Gasteiger partial charge in [-0.25, -0.2) is 4.99 Å². The highest BCUT2D eigenvalue weighted by molar-refractivity contribution is 6.10. The lowest BCUT2D eigenvalue weighted by molar-refractivity contribution is -0.137. The fourth-order valence-electron chi connectivity index (χ4n) is 2.83. The maximum atomic E-state index is 13.4. The van der Waals surface area contributed by atoms with Crippen LogP contribution in [0.4, 0.5) is 37.7 Å². The summed E-state index contributed by atoms with van der Waals surface area (Å²) in [6, 6.07) is 15.3. The van der Waals surface area contributed by atoms with Crippen molar-refractivity contribution < 1.29 is 31.1 Å². The fraction of sp³-hybridized carbons (Fsp3) is 0.136. The van der Waals surface area contributed by atoms with Crippen molar-refractivity contribution in [3.05, 3.63) is 89.5 Å². The summed E-state index contributed by atoms with van der Waals surface area (Å²) in [5.74, 6) is 0.160. The molecule has 9 heteroatoms. The number of anilines is 1. The van der Waals surface area contributed by atoms with Crippen LogP contribution in [0, 0.1) is 0 Å². The van der Waals surface area contributed by atoms with Gasteiger partial charge in [0, 0.05) is 5.56 Å². The van der Waals surface area contributed by atoms with Crippen LogP contribution in [0.2, 0.25) is 0 Å². The zero-order valence-electron chi connectivity index (χ0n) is 16.1. The third kappa shape index (κ3) is 5.36. The van der Waals surface area contributed by atoms with Crippen LogP contribution < -0.4 is 10.1 Å². The molecule has 0 saturated carbocycles. The van der Waals surface area contributed by atoms with Gasteiger partial charge < -0.3 is 10.1 Å². The van der Waals surface area contributed by atoms with Crippen LogP contribution in [-0.2, 0) is 12.4 Å². The lowest BCUT2D eigenvalue weighted by atomic mass is 10.1. The van der Waals surface area contributed by atoms with Gasteiger partial charge in [-0.1, -0.05) is 36.4 Å². The number of methoxy groups -OCH3 is 1. The van der Waals surface area contributed by atoms with Gasteiger partial charge in [0.15, 0.2) is 0 Å². The molecule has 0 amide bonds. The number of hydrogen-bond acceptors (Lipinski definition) is 2. The maximum absolute atomic E-state index is 13.4. The van der Waals surface area contributed by atoms with Gasteiger partial charge in [0.05, 0.1) is 29.6 Å². The Morgan fingerprint density at radius 3 is 2.03 bits per heavy atom. The van der Waals surface area contributed by atoms with Gasteiger partial charge in [-0.2, -0.15) is 26.3 Å². The van der Waals surface area contributed by atoms with Gasteiger partial charge in [-0.3, -0.25) is 0 Å². The number of benzene rings is 3. The molecule has 0 heterocycles. The van der Waals surface area contributed by atoms with Crippen molar-refractivity contribution in [3.63, 3.8) is 0 Å². The molecular weight excluding hydrogens is 422 g/mol. The molecule has 0 unspecified atom stereocenters. The number of amidine groups is 1. The number of nitrogens with one attached hydrogen (secondary N) is 1. The van der Waals surface area contributed by atoms with E-state index in [0.29, 0.717) is 5.75 Å².